The second-order valence-electron chi connectivity index (χ2n) is 5.80. The van der Waals surface area contributed by atoms with Crippen LogP contribution in [0.25, 0.3) is 6.08 Å². The zero-order valence-corrected chi connectivity index (χ0v) is 17.5. The molecule has 1 saturated heterocycles. The lowest BCUT2D eigenvalue weighted by Crippen LogP contribution is -2.27. The first-order chi connectivity index (χ1) is 13.3. The maximum Gasteiger partial charge on any atom is 0.293 e. The first-order valence-electron chi connectivity index (χ1n) is 8.04. The van der Waals surface area contributed by atoms with Crippen LogP contribution in [0.1, 0.15) is 11.1 Å². The Morgan fingerprint density at radius 1 is 1.25 bits per heavy atom. The summed E-state index contributed by atoms with van der Waals surface area (Å²) in [4.78, 5) is 37.2. The normalized spacial score (nSPS) is 15.4. The van der Waals surface area contributed by atoms with Crippen molar-refractivity contribution in [1.82, 2.24) is 4.90 Å². The maximum atomic E-state index is 12.7. The molecule has 3 amide bonds. The van der Waals surface area contributed by atoms with Crippen molar-refractivity contribution < 1.29 is 19.1 Å². The van der Waals surface area contributed by atoms with Gasteiger partial charge in [-0.25, -0.2) is 0 Å². The molecule has 2 N–H and O–H groups in total. The number of imide groups is 1. The van der Waals surface area contributed by atoms with E-state index in [1.165, 1.54) is 0 Å². The molecule has 1 fully saturated rings. The minimum atomic E-state index is -0.580. The number of primary amides is 1. The molecular formula is C19H14BrClN2O4S. The molecular weight excluding hydrogens is 468 g/mol. The second-order valence-corrected chi connectivity index (χ2v) is 8.06. The summed E-state index contributed by atoms with van der Waals surface area (Å²) in [5.74, 6) is -0.508. The van der Waals surface area contributed by atoms with E-state index in [1.807, 2.05) is 0 Å². The monoisotopic (exact) mass is 480 g/mol. The van der Waals surface area contributed by atoms with Gasteiger partial charge in [0.1, 0.15) is 5.75 Å². The third kappa shape index (κ3) is 4.76. The SMILES string of the molecule is NC(=O)COc1ccc(/C=C2\SC(=O)N(Cc3ccccc3Cl)C2=O)cc1Br. The Bertz CT molecular complexity index is 996. The van der Waals surface area contributed by atoms with Crippen molar-refractivity contribution in [2.45, 2.75) is 6.54 Å². The number of halogens is 2. The van der Waals surface area contributed by atoms with Gasteiger partial charge >= 0.3 is 0 Å². The summed E-state index contributed by atoms with van der Waals surface area (Å²) in [5.41, 5.74) is 6.46. The molecule has 0 aromatic heterocycles. The smallest absolute Gasteiger partial charge is 0.293 e. The summed E-state index contributed by atoms with van der Waals surface area (Å²) in [6.45, 7) is -0.121. The Morgan fingerprint density at radius 3 is 2.68 bits per heavy atom. The van der Waals surface area contributed by atoms with Gasteiger partial charge in [-0.1, -0.05) is 35.9 Å². The summed E-state index contributed by atoms with van der Waals surface area (Å²) < 4.78 is 5.86. The number of nitrogens with zero attached hydrogens (tertiary/aromatic N) is 1. The molecule has 0 saturated carbocycles. The predicted molar refractivity (Wildman–Crippen MR) is 112 cm³/mol. The van der Waals surface area contributed by atoms with Crippen molar-refractivity contribution in [2.24, 2.45) is 5.73 Å². The molecule has 1 heterocycles. The molecule has 144 valence electrons. The number of nitrogens with two attached hydrogens (primary N) is 1. The van der Waals surface area contributed by atoms with Crippen molar-refractivity contribution in [2.75, 3.05) is 6.61 Å². The number of carbonyl (C=O) groups is 3. The topological polar surface area (TPSA) is 89.7 Å². The van der Waals surface area contributed by atoms with Crippen molar-refractivity contribution in [3.8, 4) is 5.75 Å². The van der Waals surface area contributed by atoms with Gasteiger partial charge in [0.25, 0.3) is 17.1 Å². The van der Waals surface area contributed by atoms with E-state index in [1.54, 1.807) is 48.5 Å². The second kappa shape index (κ2) is 8.81. The molecule has 0 unspecified atom stereocenters. The molecule has 0 bridgehead atoms. The Balaban J connectivity index is 1.77. The molecule has 1 aliphatic rings. The highest BCUT2D eigenvalue weighted by Gasteiger charge is 2.35. The Kier molecular flexibility index (Phi) is 6.43. The molecule has 2 aromatic rings. The molecule has 1 aliphatic heterocycles. The first-order valence-corrected chi connectivity index (χ1v) is 10.0. The summed E-state index contributed by atoms with van der Waals surface area (Å²) in [5, 5.41) is 0.151. The summed E-state index contributed by atoms with van der Waals surface area (Å²) in [6, 6.07) is 12.2. The van der Waals surface area contributed by atoms with E-state index in [0.29, 0.717) is 31.3 Å². The molecule has 0 spiro atoms. The highest BCUT2D eigenvalue weighted by atomic mass is 79.9. The number of ether oxygens (including phenoxy) is 1. The van der Waals surface area contributed by atoms with Crippen LogP contribution in [0.3, 0.4) is 0 Å². The van der Waals surface area contributed by atoms with Gasteiger partial charge < -0.3 is 10.5 Å². The van der Waals surface area contributed by atoms with Crippen molar-refractivity contribution in [1.29, 1.82) is 0 Å². The Hall–Kier alpha value is -2.29. The standard InChI is InChI=1S/C19H14BrClN2O4S/c20-13-7-11(5-6-15(13)27-10-17(22)24)8-16-18(25)23(19(26)28-16)9-12-3-1-2-4-14(12)21/h1-8H,9-10H2,(H2,22,24)/b16-8-. The van der Waals surface area contributed by atoms with E-state index in [4.69, 9.17) is 22.1 Å². The molecule has 3 rings (SSSR count). The van der Waals surface area contributed by atoms with Crippen LogP contribution in [0, 0.1) is 0 Å². The highest BCUT2D eigenvalue weighted by Crippen LogP contribution is 2.35. The van der Waals surface area contributed by atoms with E-state index < -0.39 is 5.91 Å². The minimum Gasteiger partial charge on any atom is -0.483 e. The van der Waals surface area contributed by atoms with Gasteiger partial charge in [0.15, 0.2) is 6.61 Å². The average molecular weight is 482 g/mol. The van der Waals surface area contributed by atoms with E-state index in [2.05, 4.69) is 15.9 Å². The third-order valence-corrected chi connectivity index (χ3v) is 5.68. The van der Waals surface area contributed by atoms with Gasteiger partial charge in [0, 0.05) is 5.02 Å². The summed E-state index contributed by atoms with van der Waals surface area (Å²) in [7, 11) is 0. The van der Waals surface area contributed by atoms with Crippen molar-refractivity contribution in [3.05, 3.63) is 68.0 Å². The zero-order valence-electron chi connectivity index (χ0n) is 14.4. The fraction of sp³-hybridized carbons (Fsp3) is 0.105. The number of thioether (sulfide) groups is 1. The highest BCUT2D eigenvalue weighted by molar-refractivity contribution is 9.10. The van der Waals surface area contributed by atoms with Crippen molar-refractivity contribution >= 4 is 62.4 Å². The van der Waals surface area contributed by atoms with Gasteiger partial charge in [-0.2, -0.15) is 0 Å². The lowest BCUT2D eigenvalue weighted by Gasteiger charge is -2.13. The largest absolute Gasteiger partial charge is 0.483 e. The average Bonchev–Trinajstić information content (AvgIpc) is 2.90. The van der Waals surface area contributed by atoms with Crippen LogP contribution in [0.2, 0.25) is 5.02 Å². The number of rotatable bonds is 6. The molecule has 0 radical (unpaired) electrons. The van der Waals surface area contributed by atoms with Gasteiger partial charge in [0.2, 0.25) is 0 Å². The molecule has 0 aliphatic carbocycles. The molecule has 28 heavy (non-hydrogen) atoms. The van der Waals surface area contributed by atoms with Gasteiger partial charge in [-0.15, -0.1) is 0 Å². The lowest BCUT2D eigenvalue weighted by molar-refractivity contribution is -0.123. The molecule has 9 heteroatoms. The van der Waals surface area contributed by atoms with Crippen LogP contribution in [-0.2, 0) is 16.1 Å². The Labute approximate surface area is 178 Å². The van der Waals surface area contributed by atoms with E-state index in [9.17, 15) is 14.4 Å². The summed E-state index contributed by atoms with van der Waals surface area (Å²) >= 11 is 10.3. The van der Waals surface area contributed by atoms with Gasteiger partial charge in [-0.05, 0) is 63.1 Å². The summed E-state index contributed by atoms with van der Waals surface area (Å²) in [6.07, 6.45) is 1.63. The van der Waals surface area contributed by atoms with Gasteiger partial charge in [-0.3, -0.25) is 19.3 Å². The van der Waals surface area contributed by atoms with Crippen LogP contribution in [-0.4, -0.2) is 28.6 Å². The predicted octanol–water partition coefficient (Wildman–Crippen LogP) is 4.20. The molecule has 2 aromatic carbocycles. The number of benzene rings is 2. The number of hydrogen-bond donors (Lipinski definition) is 1. The molecule has 6 nitrogen and oxygen atoms in total. The van der Waals surface area contributed by atoms with Crippen LogP contribution >= 0.6 is 39.3 Å². The lowest BCUT2D eigenvalue weighted by atomic mass is 10.2. The fourth-order valence-corrected chi connectivity index (χ4v) is 4.00. The van der Waals surface area contributed by atoms with Gasteiger partial charge in [0.05, 0.1) is 15.9 Å². The van der Waals surface area contributed by atoms with E-state index in [0.717, 1.165) is 16.7 Å². The quantitative estimate of drug-likeness (QED) is 0.625. The van der Waals surface area contributed by atoms with E-state index in [-0.39, 0.29) is 24.3 Å². The fourth-order valence-electron chi connectivity index (χ4n) is 2.46. The number of carbonyl (C=O) groups excluding carboxylic acids is 3. The maximum absolute atomic E-state index is 12.7. The van der Waals surface area contributed by atoms with Crippen LogP contribution in [0.5, 0.6) is 5.75 Å². The zero-order chi connectivity index (χ0) is 20.3. The van der Waals surface area contributed by atoms with Crippen LogP contribution in [0.15, 0.2) is 51.8 Å². The Morgan fingerprint density at radius 2 is 2.00 bits per heavy atom. The van der Waals surface area contributed by atoms with Crippen LogP contribution < -0.4 is 10.5 Å². The third-order valence-electron chi connectivity index (χ3n) is 3.78. The first kappa shape index (κ1) is 20.4. The molecule has 0 atom stereocenters. The van der Waals surface area contributed by atoms with Crippen LogP contribution in [0.4, 0.5) is 4.79 Å². The number of amides is 3. The van der Waals surface area contributed by atoms with E-state index >= 15 is 0 Å². The number of hydrogen-bond acceptors (Lipinski definition) is 5. The van der Waals surface area contributed by atoms with Crippen molar-refractivity contribution in [3.63, 3.8) is 0 Å². The minimum absolute atomic E-state index is 0.116.